The molecule has 0 aromatic rings. The molecule has 0 bridgehead atoms. The average molecular weight is 274 g/mol. The molecule has 1 aliphatic heterocycles. The fourth-order valence-corrected chi connectivity index (χ4v) is 2.73. The summed E-state index contributed by atoms with van der Waals surface area (Å²) in [5, 5.41) is 0. The third-order valence-corrected chi connectivity index (χ3v) is 4.17. The van der Waals surface area contributed by atoms with Crippen molar-refractivity contribution in [1.82, 2.24) is 9.80 Å². The van der Waals surface area contributed by atoms with Gasteiger partial charge in [0.2, 0.25) is 0 Å². The lowest BCUT2D eigenvalue weighted by molar-refractivity contribution is 0.141. The summed E-state index contributed by atoms with van der Waals surface area (Å²) in [6.45, 7) is 16.4. The van der Waals surface area contributed by atoms with E-state index in [4.69, 9.17) is 0 Å². The lowest BCUT2D eigenvalue weighted by Crippen LogP contribution is -2.44. The minimum absolute atomic E-state index is 0.719. The highest BCUT2D eigenvalue weighted by molar-refractivity contribution is 5.22. The van der Waals surface area contributed by atoms with Crippen LogP contribution in [0.15, 0.2) is 48.6 Å². The predicted octanol–water partition coefficient (Wildman–Crippen LogP) is 3.65. The van der Waals surface area contributed by atoms with E-state index in [1.54, 1.807) is 0 Å². The zero-order valence-electron chi connectivity index (χ0n) is 13.4. The number of likely N-dealkylation sites (tertiary alicyclic amines) is 1. The van der Waals surface area contributed by atoms with Crippen LogP contribution in [-0.4, -0.2) is 49.1 Å². The van der Waals surface area contributed by atoms with E-state index in [0.29, 0.717) is 0 Å². The summed E-state index contributed by atoms with van der Waals surface area (Å²) in [6.07, 6.45) is 10.6. The average Bonchev–Trinajstić information content (AvgIpc) is 2.47. The second-order valence-electron chi connectivity index (χ2n) is 5.74. The summed E-state index contributed by atoms with van der Waals surface area (Å²) < 4.78 is 0. The molecular weight excluding hydrogens is 244 g/mol. The maximum Gasteiger partial charge on any atom is 0.0233 e. The Morgan fingerprint density at radius 3 is 2.45 bits per heavy atom. The fraction of sp³-hybridized carbons (Fsp3) is 0.556. The first-order chi connectivity index (χ1) is 9.60. The van der Waals surface area contributed by atoms with Gasteiger partial charge in [0, 0.05) is 19.1 Å². The predicted molar refractivity (Wildman–Crippen MR) is 90.0 cm³/mol. The molecular formula is C18H30N2. The summed E-state index contributed by atoms with van der Waals surface area (Å²) in [6, 6.07) is 0.719. The summed E-state index contributed by atoms with van der Waals surface area (Å²) in [5.41, 5.74) is 2.72. The summed E-state index contributed by atoms with van der Waals surface area (Å²) >= 11 is 0. The largest absolute Gasteiger partial charge is 0.299 e. The molecule has 1 heterocycles. The number of rotatable bonds is 7. The molecule has 0 atom stereocenters. The molecule has 1 rings (SSSR count). The minimum atomic E-state index is 0.719. The van der Waals surface area contributed by atoms with Gasteiger partial charge < -0.3 is 0 Å². The van der Waals surface area contributed by atoms with E-state index in [1.165, 1.54) is 37.1 Å². The van der Waals surface area contributed by atoms with Gasteiger partial charge in [-0.25, -0.2) is 0 Å². The van der Waals surface area contributed by atoms with Crippen LogP contribution in [-0.2, 0) is 0 Å². The van der Waals surface area contributed by atoms with Gasteiger partial charge in [0.1, 0.15) is 0 Å². The fourth-order valence-electron chi connectivity index (χ4n) is 2.73. The van der Waals surface area contributed by atoms with Crippen molar-refractivity contribution in [3.05, 3.63) is 48.6 Å². The van der Waals surface area contributed by atoms with Crippen LogP contribution in [0.3, 0.4) is 0 Å². The molecule has 1 aliphatic rings. The number of hydrogen-bond acceptors (Lipinski definition) is 2. The van der Waals surface area contributed by atoms with Gasteiger partial charge in [-0.3, -0.25) is 9.80 Å². The normalized spacial score (nSPS) is 19.4. The Hall–Kier alpha value is -1.12. The first kappa shape index (κ1) is 16.9. The molecule has 0 spiro atoms. The maximum absolute atomic E-state index is 3.87. The third-order valence-electron chi connectivity index (χ3n) is 4.17. The first-order valence-corrected chi connectivity index (χ1v) is 7.59. The molecule has 0 aromatic heterocycles. The number of nitrogens with zero attached hydrogens (tertiary/aromatic N) is 2. The summed E-state index contributed by atoms with van der Waals surface area (Å²) in [5.74, 6) is 0. The molecule has 20 heavy (non-hydrogen) atoms. The highest BCUT2D eigenvalue weighted by Gasteiger charge is 2.22. The highest BCUT2D eigenvalue weighted by atomic mass is 15.2. The lowest BCUT2D eigenvalue weighted by Gasteiger charge is -2.37. The monoisotopic (exact) mass is 274 g/mol. The van der Waals surface area contributed by atoms with Crippen LogP contribution in [0.5, 0.6) is 0 Å². The van der Waals surface area contributed by atoms with Gasteiger partial charge >= 0.3 is 0 Å². The van der Waals surface area contributed by atoms with Crippen LogP contribution in [0, 0.1) is 0 Å². The smallest absolute Gasteiger partial charge is 0.0233 e. The van der Waals surface area contributed by atoms with Gasteiger partial charge in [-0.1, -0.05) is 43.0 Å². The van der Waals surface area contributed by atoms with Crippen molar-refractivity contribution >= 4 is 0 Å². The third kappa shape index (κ3) is 5.48. The van der Waals surface area contributed by atoms with Crippen molar-refractivity contribution in [3.63, 3.8) is 0 Å². The van der Waals surface area contributed by atoms with Crippen molar-refractivity contribution < 1.29 is 0 Å². The molecule has 1 saturated heterocycles. The van der Waals surface area contributed by atoms with E-state index in [9.17, 15) is 0 Å². The SMILES string of the molecule is C=C/C=C(\C=C)CN1CCC(N(C)C/C(C)=C/C)CC1. The molecule has 0 unspecified atom stereocenters. The number of likely N-dealkylation sites (N-methyl/N-ethyl adjacent to an activating group) is 1. The van der Waals surface area contributed by atoms with Gasteiger partial charge in [0.25, 0.3) is 0 Å². The number of allylic oxidation sites excluding steroid dienone is 3. The molecule has 112 valence electrons. The quantitative estimate of drug-likeness (QED) is 0.516. The van der Waals surface area contributed by atoms with Crippen LogP contribution in [0.1, 0.15) is 26.7 Å². The Balaban J connectivity index is 2.41. The molecule has 0 saturated carbocycles. The van der Waals surface area contributed by atoms with E-state index in [2.05, 4.69) is 56.0 Å². The number of hydrogen-bond donors (Lipinski definition) is 0. The second-order valence-corrected chi connectivity index (χ2v) is 5.74. The van der Waals surface area contributed by atoms with Gasteiger partial charge in [-0.2, -0.15) is 0 Å². The topological polar surface area (TPSA) is 6.48 Å². The Bertz CT molecular complexity index is 371. The van der Waals surface area contributed by atoms with Crippen LogP contribution < -0.4 is 0 Å². The molecule has 0 aliphatic carbocycles. The summed E-state index contributed by atoms with van der Waals surface area (Å²) in [7, 11) is 2.25. The van der Waals surface area contributed by atoms with E-state index in [-0.39, 0.29) is 0 Å². The molecule has 0 amide bonds. The van der Waals surface area contributed by atoms with Crippen LogP contribution >= 0.6 is 0 Å². The second kappa shape index (κ2) is 8.93. The Kier molecular flexibility index (Phi) is 7.56. The van der Waals surface area contributed by atoms with Crippen molar-refractivity contribution in [3.8, 4) is 0 Å². The van der Waals surface area contributed by atoms with E-state index >= 15 is 0 Å². The van der Waals surface area contributed by atoms with Gasteiger partial charge in [-0.05, 0) is 52.4 Å². The maximum atomic E-state index is 3.87. The van der Waals surface area contributed by atoms with Gasteiger partial charge in [0.15, 0.2) is 0 Å². The van der Waals surface area contributed by atoms with Crippen molar-refractivity contribution in [2.24, 2.45) is 0 Å². The van der Waals surface area contributed by atoms with E-state index < -0.39 is 0 Å². The van der Waals surface area contributed by atoms with Crippen LogP contribution in [0.2, 0.25) is 0 Å². The Labute approximate surface area is 125 Å². The van der Waals surface area contributed by atoms with E-state index in [0.717, 1.165) is 19.1 Å². The van der Waals surface area contributed by atoms with E-state index in [1.807, 2.05) is 12.2 Å². The molecule has 1 fully saturated rings. The van der Waals surface area contributed by atoms with Crippen molar-refractivity contribution in [1.29, 1.82) is 0 Å². The van der Waals surface area contributed by atoms with Gasteiger partial charge in [-0.15, -0.1) is 0 Å². The zero-order chi connectivity index (χ0) is 15.0. The Morgan fingerprint density at radius 1 is 1.30 bits per heavy atom. The van der Waals surface area contributed by atoms with Crippen molar-refractivity contribution in [2.45, 2.75) is 32.7 Å². The zero-order valence-corrected chi connectivity index (χ0v) is 13.4. The Morgan fingerprint density at radius 2 is 1.95 bits per heavy atom. The number of piperidine rings is 1. The van der Waals surface area contributed by atoms with Crippen molar-refractivity contribution in [2.75, 3.05) is 33.2 Å². The summed E-state index contributed by atoms with van der Waals surface area (Å²) in [4.78, 5) is 5.02. The van der Waals surface area contributed by atoms with Crippen LogP contribution in [0.25, 0.3) is 0 Å². The molecule has 0 radical (unpaired) electrons. The molecule has 2 heteroatoms. The molecule has 2 nitrogen and oxygen atoms in total. The first-order valence-electron chi connectivity index (χ1n) is 7.59. The highest BCUT2D eigenvalue weighted by Crippen LogP contribution is 2.17. The standard InChI is InChI=1S/C18H30N2/c1-6-9-17(8-3)15-20-12-10-18(11-13-20)19(5)14-16(4)7-2/h6-9,18H,1,3,10-15H2,2,4-5H3/b16-7+,17-9+. The van der Waals surface area contributed by atoms with Gasteiger partial charge in [0.05, 0.1) is 0 Å². The minimum Gasteiger partial charge on any atom is -0.299 e. The lowest BCUT2D eigenvalue weighted by atomic mass is 10.0. The van der Waals surface area contributed by atoms with Crippen LogP contribution in [0.4, 0.5) is 0 Å². The molecule has 0 aromatic carbocycles. The molecule has 0 N–H and O–H groups in total.